The predicted octanol–water partition coefficient (Wildman–Crippen LogP) is 1.82. The molecule has 0 rings (SSSR count). The molecule has 0 bridgehead atoms. The van der Waals surface area contributed by atoms with E-state index in [4.69, 9.17) is 4.74 Å². The zero-order valence-electron chi connectivity index (χ0n) is 10.3. The van der Waals surface area contributed by atoms with E-state index in [9.17, 15) is 9.59 Å². The van der Waals surface area contributed by atoms with Crippen LogP contribution in [0.1, 0.15) is 27.7 Å². The Bertz CT molecular complexity index is 243. The van der Waals surface area contributed by atoms with E-state index >= 15 is 0 Å². The van der Waals surface area contributed by atoms with E-state index in [0.717, 1.165) is 0 Å². The van der Waals surface area contributed by atoms with Gasteiger partial charge in [-0.05, 0) is 19.8 Å². The van der Waals surface area contributed by atoms with Gasteiger partial charge in [0, 0.05) is 6.54 Å². The molecule has 0 heterocycles. The molecule has 4 nitrogen and oxygen atoms in total. The zero-order chi connectivity index (χ0) is 12.7. The summed E-state index contributed by atoms with van der Waals surface area (Å²) in [6.45, 7) is 8.37. The largest absolute Gasteiger partial charge is 0.465 e. The number of carbonyl (C=O) groups is 2. The van der Waals surface area contributed by atoms with Crippen LogP contribution in [0.25, 0.3) is 0 Å². The van der Waals surface area contributed by atoms with Crippen molar-refractivity contribution in [3.63, 3.8) is 0 Å². The van der Waals surface area contributed by atoms with Crippen molar-refractivity contribution < 1.29 is 14.3 Å². The number of esters is 1. The number of amides is 1. The maximum absolute atomic E-state index is 11.9. The lowest BCUT2D eigenvalue weighted by atomic mass is 10.1. The second-order valence-electron chi connectivity index (χ2n) is 3.80. The number of ether oxygens (including phenoxy) is 1. The lowest BCUT2D eigenvalue weighted by Gasteiger charge is -2.24. The molecular weight excluding hydrogens is 274 g/mol. The number of alkyl halides is 1. The molecule has 94 valence electrons. The van der Waals surface area contributed by atoms with Gasteiger partial charge in [0.25, 0.3) is 0 Å². The van der Waals surface area contributed by atoms with Crippen LogP contribution >= 0.6 is 15.9 Å². The molecule has 0 radical (unpaired) electrons. The molecule has 0 saturated heterocycles. The summed E-state index contributed by atoms with van der Waals surface area (Å²) in [6, 6.07) is 0. The van der Waals surface area contributed by atoms with Crippen LogP contribution in [-0.4, -0.2) is 41.3 Å². The summed E-state index contributed by atoms with van der Waals surface area (Å²) < 4.78 is 4.82. The first-order valence-corrected chi connectivity index (χ1v) is 6.44. The molecule has 0 aliphatic heterocycles. The maximum Gasteiger partial charge on any atom is 0.325 e. The van der Waals surface area contributed by atoms with Gasteiger partial charge in [0.05, 0.1) is 11.4 Å². The molecule has 1 unspecified atom stereocenters. The van der Waals surface area contributed by atoms with Crippen LogP contribution in [0.2, 0.25) is 0 Å². The quantitative estimate of drug-likeness (QED) is 0.554. The molecule has 0 spiro atoms. The van der Waals surface area contributed by atoms with Gasteiger partial charge >= 0.3 is 5.97 Å². The van der Waals surface area contributed by atoms with Crippen LogP contribution in [0.5, 0.6) is 0 Å². The fourth-order valence-corrected chi connectivity index (χ4v) is 1.46. The third-order valence-electron chi connectivity index (χ3n) is 2.14. The molecule has 0 fully saturated rings. The van der Waals surface area contributed by atoms with Crippen LogP contribution < -0.4 is 0 Å². The van der Waals surface area contributed by atoms with E-state index in [0.29, 0.717) is 13.2 Å². The van der Waals surface area contributed by atoms with Gasteiger partial charge < -0.3 is 9.64 Å². The van der Waals surface area contributed by atoms with Gasteiger partial charge in [0.15, 0.2) is 0 Å². The minimum absolute atomic E-state index is 0.0258. The summed E-state index contributed by atoms with van der Waals surface area (Å²) in [5.41, 5.74) is 0. The zero-order valence-corrected chi connectivity index (χ0v) is 11.9. The molecule has 0 aromatic heterocycles. The van der Waals surface area contributed by atoms with Crippen molar-refractivity contribution in [1.82, 2.24) is 4.90 Å². The van der Waals surface area contributed by atoms with E-state index in [1.54, 1.807) is 6.92 Å². The van der Waals surface area contributed by atoms with Crippen molar-refractivity contribution in [2.75, 3.05) is 19.7 Å². The summed E-state index contributed by atoms with van der Waals surface area (Å²) in [7, 11) is 0. The van der Waals surface area contributed by atoms with E-state index in [2.05, 4.69) is 15.9 Å². The van der Waals surface area contributed by atoms with Gasteiger partial charge in [-0.3, -0.25) is 9.59 Å². The first-order valence-electron chi connectivity index (χ1n) is 5.52. The number of carbonyl (C=O) groups excluding carboxylic acids is 2. The van der Waals surface area contributed by atoms with Gasteiger partial charge in [0.2, 0.25) is 5.91 Å². The van der Waals surface area contributed by atoms with Gasteiger partial charge in [0.1, 0.15) is 6.54 Å². The molecule has 0 aromatic carbocycles. The maximum atomic E-state index is 11.9. The monoisotopic (exact) mass is 293 g/mol. The first-order chi connectivity index (χ1) is 7.43. The molecule has 0 aliphatic rings. The van der Waals surface area contributed by atoms with E-state index < -0.39 is 0 Å². The van der Waals surface area contributed by atoms with Crippen molar-refractivity contribution >= 4 is 27.8 Å². The third-order valence-corrected chi connectivity index (χ3v) is 3.59. The molecule has 0 aromatic rings. The first kappa shape index (κ1) is 15.4. The fourth-order valence-electron chi connectivity index (χ4n) is 1.17. The Morgan fingerprint density at radius 2 is 1.88 bits per heavy atom. The molecular formula is C11H20BrNO3. The van der Waals surface area contributed by atoms with Crippen molar-refractivity contribution in [3.05, 3.63) is 0 Å². The number of halogens is 1. The van der Waals surface area contributed by atoms with Crippen molar-refractivity contribution in [2.24, 2.45) is 5.92 Å². The fraction of sp³-hybridized carbons (Fsp3) is 0.818. The molecule has 1 amide bonds. The van der Waals surface area contributed by atoms with Gasteiger partial charge in [-0.15, -0.1) is 0 Å². The molecule has 0 saturated carbocycles. The van der Waals surface area contributed by atoms with Crippen LogP contribution in [0.15, 0.2) is 0 Å². The van der Waals surface area contributed by atoms with Crippen molar-refractivity contribution in [2.45, 2.75) is 32.5 Å². The van der Waals surface area contributed by atoms with Crippen LogP contribution in [0.3, 0.4) is 0 Å². The van der Waals surface area contributed by atoms with Crippen LogP contribution in [0.4, 0.5) is 0 Å². The van der Waals surface area contributed by atoms with E-state index in [1.165, 1.54) is 4.90 Å². The summed E-state index contributed by atoms with van der Waals surface area (Å²) >= 11 is 3.33. The molecule has 16 heavy (non-hydrogen) atoms. The number of nitrogens with zero attached hydrogens (tertiary/aromatic N) is 1. The SMILES string of the molecule is CCOC(=O)CN(CC)C(=O)C(Br)C(C)C. The average molecular weight is 294 g/mol. The molecule has 1 atom stereocenters. The van der Waals surface area contributed by atoms with E-state index in [-0.39, 0.29) is 29.2 Å². The number of likely N-dealkylation sites (N-methyl/N-ethyl adjacent to an activating group) is 1. The molecule has 0 aliphatic carbocycles. The third kappa shape index (κ3) is 4.96. The molecule has 0 N–H and O–H groups in total. The van der Waals surface area contributed by atoms with E-state index in [1.807, 2.05) is 20.8 Å². The van der Waals surface area contributed by atoms with Gasteiger partial charge in [-0.25, -0.2) is 0 Å². The van der Waals surface area contributed by atoms with Crippen LogP contribution in [0, 0.1) is 5.92 Å². The topological polar surface area (TPSA) is 46.6 Å². The Morgan fingerprint density at radius 1 is 1.31 bits per heavy atom. The predicted molar refractivity (Wildman–Crippen MR) is 66.4 cm³/mol. The Labute approximate surface area is 105 Å². The minimum Gasteiger partial charge on any atom is -0.465 e. The highest BCUT2D eigenvalue weighted by Crippen LogP contribution is 2.15. The highest BCUT2D eigenvalue weighted by atomic mass is 79.9. The Balaban J connectivity index is 4.38. The number of hydrogen-bond acceptors (Lipinski definition) is 3. The summed E-state index contributed by atoms with van der Waals surface area (Å²) in [5.74, 6) is -0.226. The molecule has 5 heteroatoms. The van der Waals surface area contributed by atoms with Crippen LogP contribution in [-0.2, 0) is 14.3 Å². The highest BCUT2D eigenvalue weighted by Gasteiger charge is 2.25. The number of hydrogen-bond donors (Lipinski definition) is 0. The summed E-state index contributed by atoms with van der Waals surface area (Å²) in [5, 5.41) is 0. The number of rotatable bonds is 6. The summed E-state index contributed by atoms with van der Waals surface area (Å²) in [6.07, 6.45) is 0. The lowest BCUT2D eigenvalue weighted by molar-refractivity contribution is -0.148. The average Bonchev–Trinajstić information content (AvgIpc) is 2.24. The lowest BCUT2D eigenvalue weighted by Crippen LogP contribution is -2.42. The second-order valence-corrected chi connectivity index (χ2v) is 4.79. The standard InChI is InChI=1S/C11H20BrNO3/c1-5-13(7-9(14)16-6-2)11(15)10(12)8(3)4/h8,10H,5-7H2,1-4H3. The summed E-state index contributed by atoms with van der Waals surface area (Å²) in [4.78, 5) is 24.5. The normalized spacial score (nSPS) is 12.4. The second kappa shape index (κ2) is 7.65. The van der Waals surface area contributed by atoms with Gasteiger partial charge in [-0.2, -0.15) is 0 Å². The Hall–Kier alpha value is -0.580. The Kier molecular flexibility index (Phi) is 7.38. The highest BCUT2D eigenvalue weighted by molar-refractivity contribution is 9.10. The smallest absolute Gasteiger partial charge is 0.325 e. The minimum atomic E-state index is -0.360. The van der Waals surface area contributed by atoms with Crippen molar-refractivity contribution in [3.8, 4) is 0 Å². The Morgan fingerprint density at radius 3 is 2.25 bits per heavy atom. The van der Waals surface area contributed by atoms with Gasteiger partial charge in [-0.1, -0.05) is 29.8 Å². The van der Waals surface area contributed by atoms with Crippen molar-refractivity contribution in [1.29, 1.82) is 0 Å².